The largest absolute Gasteiger partial charge is 0.495 e. The maximum Gasteiger partial charge on any atom is 0.181 e. The molecule has 0 saturated carbocycles. The van der Waals surface area contributed by atoms with E-state index in [9.17, 15) is 8.42 Å². The monoisotopic (exact) mass is 245 g/mol. The number of rotatable bonds is 4. The van der Waals surface area contributed by atoms with E-state index >= 15 is 0 Å². The van der Waals surface area contributed by atoms with E-state index in [0.717, 1.165) is 0 Å². The van der Waals surface area contributed by atoms with Gasteiger partial charge in [0.25, 0.3) is 0 Å². The van der Waals surface area contributed by atoms with Gasteiger partial charge >= 0.3 is 0 Å². The highest BCUT2D eigenvalue weighted by Gasteiger charge is 2.18. The van der Waals surface area contributed by atoms with Gasteiger partial charge in [-0.2, -0.15) is 0 Å². The van der Waals surface area contributed by atoms with Crippen LogP contribution in [0.3, 0.4) is 0 Å². The Hall–Kier alpha value is -1.27. The van der Waals surface area contributed by atoms with Crippen molar-refractivity contribution in [3.05, 3.63) is 18.2 Å². The van der Waals surface area contributed by atoms with Crippen LogP contribution < -0.4 is 10.5 Å². The van der Waals surface area contributed by atoms with Crippen LogP contribution in [0.4, 0.5) is 5.69 Å². The highest BCUT2D eigenvalue weighted by molar-refractivity contribution is 7.91. The van der Waals surface area contributed by atoms with Crippen molar-refractivity contribution in [2.75, 3.05) is 18.6 Å². The minimum absolute atomic E-state index is 0.0967. The van der Waals surface area contributed by atoms with Gasteiger partial charge in [0.05, 0.1) is 29.5 Å². The summed E-state index contributed by atoms with van der Waals surface area (Å²) < 4.78 is 28.5. The second-order valence-corrected chi connectivity index (χ2v) is 5.57. The van der Waals surface area contributed by atoms with Crippen LogP contribution in [0.5, 0.6) is 5.75 Å². The van der Waals surface area contributed by atoms with Crippen LogP contribution in [0.25, 0.3) is 0 Å². The maximum absolute atomic E-state index is 11.8. The number of benzene rings is 1. The average Bonchev–Trinajstić information content (AvgIpc) is 2.16. The van der Waals surface area contributed by atoms with Crippen molar-refractivity contribution >= 4 is 15.5 Å². The summed E-state index contributed by atoms with van der Waals surface area (Å²) in [5, 5.41) is 9.10. The standard InChI is InChI=1S/C10H15NO4S/c1-7(12)6-16(13,14)8-3-4-9(11)10(5-8)15-2/h3-5,7,12H,6,11H2,1-2H3. The summed E-state index contributed by atoms with van der Waals surface area (Å²) in [7, 11) is -2.08. The van der Waals surface area contributed by atoms with Gasteiger partial charge in [0.1, 0.15) is 5.75 Å². The SMILES string of the molecule is COc1cc(S(=O)(=O)CC(C)O)ccc1N. The molecule has 0 bridgehead atoms. The highest BCUT2D eigenvalue weighted by Crippen LogP contribution is 2.25. The van der Waals surface area contributed by atoms with Crippen molar-refractivity contribution in [3.63, 3.8) is 0 Å². The molecule has 16 heavy (non-hydrogen) atoms. The average molecular weight is 245 g/mol. The van der Waals surface area contributed by atoms with E-state index in [1.165, 1.54) is 32.2 Å². The zero-order valence-corrected chi connectivity index (χ0v) is 9.99. The molecule has 0 aromatic heterocycles. The molecule has 6 heteroatoms. The predicted molar refractivity (Wildman–Crippen MR) is 61.1 cm³/mol. The number of aliphatic hydroxyl groups excluding tert-OH is 1. The molecule has 0 fully saturated rings. The van der Waals surface area contributed by atoms with Crippen molar-refractivity contribution in [2.24, 2.45) is 0 Å². The summed E-state index contributed by atoms with van der Waals surface area (Å²) in [6.45, 7) is 1.42. The number of ether oxygens (including phenoxy) is 1. The molecule has 0 radical (unpaired) electrons. The third-order valence-electron chi connectivity index (χ3n) is 2.02. The van der Waals surface area contributed by atoms with Gasteiger partial charge in [-0.15, -0.1) is 0 Å². The molecule has 3 N–H and O–H groups in total. The molecule has 1 aromatic rings. The Morgan fingerprint density at radius 2 is 2.12 bits per heavy atom. The molecule has 0 heterocycles. The van der Waals surface area contributed by atoms with Gasteiger partial charge in [-0.05, 0) is 19.1 Å². The van der Waals surface area contributed by atoms with E-state index in [-0.39, 0.29) is 10.6 Å². The predicted octanol–water partition coefficient (Wildman–Crippen LogP) is 0.432. The van der Waals surface area contributed by atoms with Crippen LogP contribution in [0, 0.1) is 0 Å². The Morgan fingerprint density at radius 3 is 2.62 bits per heavy atom. The van der Waals surface area contributed by atoms with Crippen molar-refractivity contribution < 1.29 is 18.3 Å². The Kier molecular flexibility index (Phi) is 3.77. The quantitative estimate of drug-likeness (QED) is 0.751. The molecule has 1 atom stereocenters. The number of hydrogen-bond acceptors (Lipinski definition) is 5. The number of methoxy groups -OCH3 is 1. The summed E-state index contributed by atoms with van der Waals surface area (Å²) in [5.74, 6) is -0.00764. The molecule has 0 spiro atoms. The molecule has 0 aliphatic heterocycles. The summed E-state index contributed by atoms with van der Waals surface area (Å²) >= 11 is 0. The summed E-state index contributed by atoms with van der Waals surface area (Å²) in [4.78, 5) is 0.0967. The van der Waals surface area contributed by atoms with Gasteiger partial charge in [-0.25, -0.2) is 8.42 Å². The lowest BCUT2D eigenvalue weighted by Crippen LogP contribution is -2.17. The normalized spacial score (nSPS) is 13.4. The van der Waals surface area contributed by atoms with Crippen LogP contribution >= 0.6 is 0 Å². The van der Waals surface area contributed by atoms with E-state index in [0.29, 0.717) is 11.4 Å². The number of sulfone groups is 1. The molecule has 0 amide bonds. The fourth-order valence-electron chi connectivity index (χ4n) is 1.30. The third-order valence-corrected chi connectivity index (χ3v) is 3.92. The number of hydrogen-bond donors (Lipinski definition) is 2. The van der Waals surface area contributed by atoms with Crippen molar-refractivity contribution in [1.82, 2.24) is 0 Å². The first-order valence-electron chi connectivity index (χ1n) is 4.71. The van der Waals surface area contributed by atoms with E-state index < -0.39 is 15.9 Å². The summed E-state index contributed by atoms with van der Waals surface area (Å²) in [6, 6.07) is 4.22. The molecular weight excluding hydrogens is 230 g/mol. The van der Waals surface area contributed by atoms with Crippen LogP contribution in [0.2, 0.25) is 0 Å². The molecular formula is C10H15NO4S. The number of nitrogen functional groups attached to an aromatic ring is 1. The fourth-order valence-corrected chi connectivity index (χ4v) is 2.69. The summed E-state index contributed by atoms with van der Waals surface area (Å²) in [5.41, 5.74) is 5.95. The smallest absolute Gasteiger partial charge is 0.181 e. The van der Waals surface area contributed by atoms with Crippen LogP contribution in [0.1, 0.15) is 6.92 Å². The molecule has 0 aliphatic rings. The zero-order chi connectivity index (χ0) is 12.3. The molecule has 0 aliphatic carbocycles. The highest BCUT2D eigenvalue weighted by atomic mass is 32.2. The third kappa shape index (κ3) is 2.86. The molecule has 1 aromatic carbocycles. The van der Waals surface area contributed by atoms with Gasteiger partial charge in [0, 0.05) is 6.07 Å². The first-order valence-corrected chi connectivity index (χ1v) is 6.36. The second kappa shape index (κ2) is 4.71. The lowest BCUT2D eigenvalue weighted by molar-refractivity contribution is 0.218. The fraction of sp³-hybridized carbons (Fsp3) is 0.400. The van der Waals surface area contributed by atoms with Crippen molar-refractivity contribution in [3.8, 4) is 5.75 Å². The molecule has 0 saturated heterocycles. The van der Waals surface area contributed by atoms with Gasteiger partial charge in [-0.3, -0.25) is 0 Å². The van der Waals surface area contributed by atoms with Crippen molar-refractivity contribution in [2.45, 2.75) is 17.9 Å². The number of nitrogens with two attached hydrogens (primary N) is 1. The maximum atomic E-state index is 11.8. The van der Waals surface area contributed by atoms with Crippen molar-refractivity contribution in [1.29, 1.82) is 0 Å². The van der Waals surface area contributed by atoms with Crippen LogP contribution in [-0.4, -0.2) is 32.5 Å². The Morgan fingerprint density at radius 1 is 1.50 bits per heavy atom. The number of anilines is 1. The first kappa shape index (κ1) is 12.8. The summed E-state index contributed by atoms with van der Waals surface area (Å²) in [6.07, 6.45) is -0.909. The van der Waals surface area contributed by atoms with Gasteiger partial charge in [0.15, 0.2) is 9.84 Å². The minimum Gasteiger partial charge on any atom is -0.495 e. The van der Waals surface area contributed by atoms with Gasteiger partial charge < -0.3 is 15.6 Å². The topological polar surface area (TPSA) is 89.6 Å². The molecule has 5 nitrogen and oxygen atoms in total. The van der Waals surface area contributed by atoms with E-state index in [2.05, 4.69) is 0 Å². The van der Waals surface area contributed by atoms with E-state index in [4.69, 9.17) is 15.6 Å². The zero-order valence-electron chi connectivity index (χ0n) is 9.17. The molecule has 1 rings (SSSR count). The Bertz CT molecular complexity index is 468. The van der Waals surface area contributed by atoms with Gasteiger partial charge in [-0.1, -0.05) is 0 Å². The lowest BCUT2D eigenvalue weighted by atomic mass is 10.3. The number of aliphatic hydroxyl groups is 1. The Labute approximate surface area is 94.8 Å². The van der Waals surface area contributed by atoms with E-state index in [1.807, 2.05) is 0 Å². The lowest BCUT2D eigenvalue weighted by Gasteiger charge is -2.09. The van der Waals surface area contributed by atoms with Crippen LogP contribution in [0.15, 0.2) is 23.1 Å². The van der Waals surface area contributed by atoms with Crippen LogP contribution in [-0.2, 0) is 9.84 Å². The molecule has 1 unspecified atom stereocenters. The minimum atomic E-state index is -3.49. The second-order valence-electron chi connectivity index (χ2n) is 3.53. The first-order chi connectivity index (χ1) is 7.36. The Balaban J connectivity index is 3.14. The van der Waals surface area contributed by atoms with E-state index in [1.54, 1.807) is 0 Å². The van der Waals surface area contributed by atoms with Gasteiger partial charge in [0.2, 0.25) is 0 Å². The molecule has 90 valence electrons.